The summed E-state index contributed by atoms with van der Waals surface area (Å²) in [6, 6.07) is 0. The van der Waals surface area contributed by atoms with E-state index in [2.05, 4.69) is 0 Å². The number of amides is 2. The Hall–Kier alpha value is -1.32. The molecule has 0 aromatic rings. The molecule has 4 nitrogen and oxygen atoms in total. The van der Waals surface area contributed by atoms with Crippen LogP contribution in [0.4, 0.5) is 0 Å². The first-order valence-electron chi connectivity index (χ1n) is 2.84. The molecule has 2 amide bonds. The molecule has 0 fully saturated rings. The molecule has 0 aliphatic rings. The summed E-state index contributed by atoms with van der Waals surface area (Å²) >= 11 is 0. The predicted octanol–water partition coefficient (Wildman–Crippen LogP) is -0.707. The van der Waals surface area contributed by atoms with Crippen LogP contribution in [0.1, 0.15) is 12.8 Å². The summed E-state index contributed by atoms with van der Waals surface area (Å²) in [7, 11) is 0. The molecule has 0 aromatic carbocycles. The van der Waals surface area contributed by atoms with Gasteiger partial charge in [-0.2, -0.15) is 0 Å². The zero-order chi connectivity index (χ0) is 7.98. The molecule has 0 radical (unpaired) electrons. The normalized spacial score (nSPS) is 10.0. The smallest absolute Gasteiger partial charge is 0.221 e. The van der Waals surface area contributed by atoms with Gasteiger partial charge in [0, 0.05) is 12.8 Å². The van der Waals surface area contributed by atoms with Crippen molar-refractivity contribution in [1.29, 1.82) is 0 Å². The zero-order valence-electron chi connectivity index (χ0n) is 5.54. The summed E-state index contributed by atoms with van der Waals surface area (Å²) in [6.07, 6.45) is 3.36. The molecule has 0 heterocycles. The summed E-state index contributed by atoms with van der Waals surface area (Å²) in [5.74, 6) is -0.832. The van der Waals surface area contributed by atoms with Gasteiger partial charge in [0.05, 0.1) is 0 Å². The van der Waals surface area contributed by atoms with Crippen LogP contribution in [0.5, 0.6) is 0 Å². The van der Waals surface area contributed by atoms with E-state index in [-0.39, 0.29) is 12.8 Å². The number of hydrogen-bond donors (Lipinski definition) is 2. The van der Waals surface area contributed by atoms with Crippen LogP contribution in [-0.2, 0) is 9.59 Å². The minimum atomic E-state index is -0.416. The second kappa shape index (κ2) is 4.55. The molecule has 0 spiro atoms. The van der Waals surface area contributed by atoms with Crippen molar-refractivity contribution in [2.75, 3.05) is 0 Å². The maximum absolute atomic E-state index is 10.1. The third kappa shape index (κ3) is 6.68. The maximum atomic E-state index is 10.1. The van der Waals surface area contributed by atoms with Crippen molar-refractivity contribution in [2.24, 2.45) is 11.5 Å². The number of primary amides is 2. The summed E-state index contributed by atoms with van der Waals surface area (Å²) in [5, 5.41) is 0. The minimum absolute atomic E-state index is 0.160. The quantitative estimate of drug-likeness (QED) is 0.508. The van der Waals surface area contributed by atoms with Crippen LogP contribution in [0.25, 0.3) is 0 Å². The topological polar surface area (TPSA) is 86.2 Å². The highest BCUT2D eigenvalue weighted by atomic mass is 16.1. The zero-order valence-corrected chi connectivity index (χ0v) is 5.54. The Morgan fingerprint density at radius 3 is 1.50 bits per heavy atom. The Morgan fingerprint density at radius 1 is 1.00 bits per heavy atom. The van der Waals surface area contributed by atoms with Crippen molar-refractivity contribution < 1.29 is 9.59 Å². The molecule has 0 saturated heterocycles. The Morgan fingerprint density at radius 2 is 1.30 bits per heavy atom. The molecule has 0 aliphatic carbocycles. The highest BCUT2D eigenvalue weighted by Gasteiger charge is 1.88. The first kappa shape index (κ1) is 8.68. The lowest BCUT2D eigenvalue weighted by molar-refractivity contribution is -0.118. The first-order valence-corrected chi connectivity index (χ1v) is 2.84. The molecule has 0 unspecified atom stereocenters. The summed E-state index contributed by atoms with van der Waals surface area (Å²) < 4.78 is 0. The molecule has 10 heavy (non-hydrogen) atoms. The Balaban J connectivity index is 3.38. The van der Waals surface area contributed by atoms with Crippen molar-refractivity contribution in [3.8, 4) is 0 Å². The van der Waals surface area contributed by atoms with E-state index in [0.717, 1.165) is 0 Å². The van der Waals surface area contributed by atoms with Crippen molar-refractivity contribution in [2.45, 2.75) is 12.8 Å². The SMILES string of the molecule is NC(=O)C/C=C/CC(N)=O. The fraction of sp³-hybridized carbons (Fsp3) is 0.333. The highest BCUT2D eigenvalue weighted by Crippen LogP contribution is 1.84. The maximum Gasteiger partial charge on any atom is 0.221 e. The molecular formula is C6H10N2O2. The third-order valence-electron chi connectivity index (χ3n) is 0.805. The molecule has 0 aromatic heterocycles. The Kier molecular flexibility index (Phi) is 3.95. The van der Waals surface area contributed by atoms with Crippen LogP contribution in [-0.4, -0.2) is 11.8 Å². The van der Waals surface area contributed by atoms with Gasteiger partial charge >= 0.3 is 0 Å². The highest BCUT2D eigenvalue weighted by molar-refractivity contribution is 5.77. The van der Waals surface area contributed by atoms with Gasteiger partial charge in [0.2, 0.25) is 11.8 Å². The molecule has 0 bridgehead atoms. The van der Waals surface area contributed by atoms with E-state index < -0.39 is 11.8 Å². The van der Waals surface area contributed by atoms with Gasteiger partial charge in [0.1, 0.15) is 0 Å². The average Bonchev–Trinajstić information content (AvgIpc) is 1.79. The molecule has 4 heteroatoms. The van der Waals surface area contributed by atoms with Crippen LogP contribution in [0, 0.1) is 0 Å². The summed E-state index contributed by atoms with van der Waals surface area (Å²) in [5.41, 5.74) is 9.61. The number of carbonyl (C=O) groups is 2. The average molecular weight is 142 g/mol. The van der Waals surface area contributed by atoms with E-state index in [9.17, 15) is 9.59 Å². The summed E-state index contributed by atoms with van der Waals surface area (Å²) in [4.78, 5) is 20.2. The molecule has 0 aliphatic heterocycles. The monoisotopic (exact) mass is 142 g/mol. The van der Waals surface area contributed by atoms with Crippen LogP contribution in [0.3, 0.4) is 0 Å². The first-order chi connectivity index (χ1) is 4.63. The molecule has 0 saturated carbocycles. The lowest BCUT2D eigenvalue weighted by Gasteiger charge is -1.84. The largest absolute Gasteiger partial charge is 0.369 e. The fourth-order valence-electron chi connectivity index (χ4n) is 0.399. The van der Waals surface area contributed by atoms with Gasteiger partial charge in [0.15, 0.2) is 0 Å². The van der Waals surface area contributed by atoms with Gasteiger partial charge in [-0.3, -0.25) is 9.59 Å². The van der Waals surface area contributed by atoms with Gasteiger partial charge in [-0.1, -0.05) is 12.2 Å². The van der Waals surface area contributed by atoms with E-state index >= 15 is 0 Å². The van der Waals surface area contributed by atoms with Crippen molar-refractivity contribution >= 4 is 11.8 Å². The number of rotatable bonds is 4. The molecule has 0 rings (SSSR count). The van der Waals surface area contributed by atoms with Gasteiger partial charge < -0.3 is 11.5 Å². The standard InChI is InChI=1S/C6H10N2O2/c7-5(9)3-1-2-4-6(8)10/h1-2H,3-4H2,(H2,7,9)(H2,8,10)/b2-1+. The molecule has 4 N–H and O–H groups in total. The number of nitrogens with two attached hydrogens (primary N) is 2. The lowest BCUT2D eigenvalue weighted by atomic mass is 10.3. The van der Waals surface area contributed by atoms with Gasteiger partial charge in [-0.15, -0.1) is 0 Å². The number of carbonyl (C=O) groups excluding carboxylic acids is 2. The molecule has 56 valence electrons. The van der Waals surface area contributed by atoms with Gasteiger partial charge in [-0.05, 0) is 0 Å². The fourth-order valence-corrected chi connectivity index (χ4v) is 0.399. The predicted molar refractivity (Wildman–Crippen MR) is 36.8 cm³/mol. The van der Waals surface area contributed by atoms with Crippen molar-refractivity contribution in [1.82, 2.24) is 0 Å². The van der Waals surface area contributed by atoms with Crippen LogP contribution in [0.2, 0.25) is 0 Å². The summed E-state index contributed by atoms with van der Waals surface area (Å²) in [6.45, 7) is 0. The number of hydrogen-bond acceptors (Lipinski definition) is 2. The van der Waals surface area contributed by atoms with E-state index in [4.69, 9.17) is 11.5 Å². The van der Waals surface area contributed by atoms with E-state index in [1.807, 2.05) is 0 Å². The van der Waals surface area contributed by atoms with E-state index in [1.54, 1.807) is 0 Å². The van der Waals surface area contributed by atoms with Gasteiger partial charge in [0.25, 0.3) is 0 Å². The van der Waals surface area contributed by atoms with Gasteiger partial charge in [-0.25, -0.2) is 0 Å². The van der Waals surface area contributed by atoms with E-state index in [1.165, 1.54) is 12.2 Å². The van der Waals surface area contributed by atoms with Crippen LogP contribution < -0.4 is 11.5 Å². The molecule has 0 atom stereocenters. The van der Waals surface area contributed by atoms with Crippen LogP contribution in [0.15, 0.2) is 12.2 Å². The van der Waals surface area contributed by atoms with Crippen molar-refractivity contribution in [3.05, 3.63) is 12.2 Å². The Bertz CT molecular complexity index is 145. The second-order valence-corrected chi connectivity index (χ2v) is 1.81. The Labute approximate surface area is 58.9 Å². The van der Waals surface area contributed by atoms with E-state index in [0.29, 0.717) is 0 Å². The van der Waals surface area contributed by atoms with Crippen LogP contribution >= 0.6 is 0 Å². The minimum Gasteiger partial charge on any atom is -0.369 e. The third-order valence-corrected chi connectivity index (χ3v) is 0.805. The lowest BCUT2D eigenvalue weighted by Crippen LogP contribution is -2.09. The van der Waals surface area contributed by atoms with Crippen molar-refractivity contribution in [3.63, 3.8) is 0 Å². The molecular weight excluding hydrogens is 132 g/mol. The second-order valence-electron chi connectivity index (χ2n) is 1.81.